The lowest BCUT2D eigenvalue weighted by Crippen LogP contribution is -2.27. The maximum atomic E-state index is 12.8. The van der Waals surface area contributed by atoms with Gasteiger partial charge in [-0.1, -0.05) is 30.3 Å². The number of nitrogens with one attached hydrogen (secondary N) is 2. The number of hydrogen-bond donors (Lipinski definition) is 2. The fraction of sp³-hybridized carbons (Fsp3) is 0.200. The molecule has 0 aliphatic carbocycles. The molecule has 24 heavy (non-hydrogen) atoms. The van der Waals surface area contributed by atoms with E-state index in [1.165, 1.54) is 11.1 Å². The molecule has 3 aromatic rings. The first-order valence-corrected chi connectivity index (χ1v) is 8.21. The lowest BCUT2D eigenvalue weighted by molar-refractivity contribution is 0.102. The fourth-order valence-corrected chi connectivity index (χ4v) is 3.37. The van der Waals surface area contributed by atoms with E-state index in [2.05, 4.69) is 34.7 Å². The van der Waals surface area contributed by atoms with Crippen LogP contribution in [0.25, 0.3) is 10.8 Å². The number of pyridine rings is 1. The molecule has 1 aliphatic heterocycles. The van der Waals surface area contributed by atoms with Crippen LogP contribution in [0, 0.1) is 6.92 Å². The summed E-state index contributed by atoms with van der Waals surface area (Å²) in [7, 11) is 0. The van der Waals surface area contributed by atoms with Gasteiger partial charge in [0.2, 0.25) is 0 Å². The first kappa shape index (κ1) is 14.8. The number of rotatable bonds is 2. The Kier molecular flexibility index (Phi) is 3.75. The maximum Gasteiger partial charge on any atom is 0.257 e. The van der Waals surface area contributed by atoms with Gasteiger partial charge in [-0.05, 0) is 54.1 Å². The van der Waals surface area contributed by atoms with Gasteiger partial charge < -0.3 is 10.6 Å². The first-order valence-electron chi connectivity index (χ1n) is 8.21. The summed E-state index contributed by atoms with van der Waals surface area (Å²) in [5, 5.41) is 8.42. The predicted molar refractivity (Wildman–Crippen MR) is 96.3 cm³/mol. The van der Waals surface area contributed by atoms with Crippen molar-refractivity contribution < 1.29 is 4.79 Å². The van der Waals surface area contributed by atoms with Crippen LogP contribution in [0.5, 0.6) is 0 Å². The third-order valence-corrected chi connectivity index (χ3v) is 4.65. The second-order valence-corrected chi connectivity index (χ2v) is 6.15. The second-order valence-electron chi connectivity index (χ2n) is 6.15. The van der Waals surface area contributed by atoms with E-state index in [0.29, 0.717) is 5.82 Å². The highest BCUT2D eigenvalue weighted by molar-refractivity contribution is 6.09. The summed E-state index contributed by atoms with van der Waals surface area (Å²) in [4.78, 5) is 17.2. The van der Waals surface area contributed by atoms with Crippen molar-refractivity contribution in [2.75, 3.05) is 11.9 Å². The van der Waals surface area contributed by atoms with Gasteiger partial charge in [-0.25, -0.2) is 4.98 Å². The van der Waals surface area contributed by atoms with E-state index >= 15 is 0 Å². The molecule has 1 amide bonds. The lowest BCUT2D eigenvalue weighted by atomic mass is 9.95. The van der Waals surface area contributed by atoms with Crippen molar-refractivity contribution in [2.45, 2.75) is 19.9 Å². The maximum absolute atomic E-state index is 12.8. The minimum atomic E-state index is -0.0999. The SMILES string of the molecule is Cc1cccc2c(NC(=O)c3cccc4c3CNCC4)nccc12. The van der Waals surface area contributed by atoms with Crippen LogP contribution in [0.4, 0.5) is 5.82 Å². The van der Waals surface area contributed by atoms with Gasteiger partial charge in [0.05, 0.1) is 0 Å². The molecule has 1 aliphatic rings. The largest absolute Gasteiger partial charge is 0.312 e. The molecule has 4 rings (SSSR count). The van der Waals surface area contributed by atoms with E-state index in [4.69, 9.17) is 0 Å². The normalized spacial score (nSPS) is 13.5. The first-order chi connectivity index (χ1) is 11.7. The third-order valence-electron chi connectivity index (χ3n) is 4.65. The molecule has 0 fully saturated rings. The Hall–Kier alpha value is -2.72. The van der Waals surface area contributed by atoms with Crippen molar-refractivity contribution >= 4 is 22.5 Å². The van der Waals surface area contributed by atoms with Crippen molar-refractivity contribution in [1.29, 1.82) is 0 Å². The number of hydrogen-bond acceptors (Lipinski definition) is 3. The zero-order valence-electron chi connectivity index (χ0n) is 13.6. The van der Waals surface area contributed by atoms with Crippen molar-refractivity contribution in [3.63, 3.8) is 0 Å². The molecule has 0 spiro atoms. The van der Waals surface area contributed by atoms with Gasteiger partial charge in [0.1, 0.15) is 5.82 Å². The third kappa shape index (κ3) is 2.55. The number of nitrogens with zero attached hydrogens (tertiary/aromatic N) is 1. The van der Waals surface area contributed by atoms with Crippen molar-refractivity contribution in [1.82, 2.24) is 10.3 Å². The van der Waals surface area contributed by atoms with Gasteiger partial charge in [-0.15, -0.1) is 0 Å². The predicted octanol–water partition coefficient (Wildman–Crippen LogP) is 3.44. The molecule has 0 saturated heterocycles. The van der Waals surface area contributed by atoms with Crippen LogP contribution in [0.1, 0.15) is 27.0 Å². The van der Waals surface area contributed by atoms with Gasteiger partial charge in [-0.3, -0.25) is 4.79 Å². The average Bonchev–Trinajstić information content (AvgIpc) is 2.62. The summed E-state index contributed by atoms with van der Waals surface area (Å²) in [5.74, 6) is 0.514. The summed E-state index contributed by atoms with van der Waals surface area (Å²) < 4.78 is 0. The Morgan fingerprint density at radius 1 is 1.12 bits per heavy atom. The van der Waals surface area contributed by atoms with Crippen LogP contribution in [-0.2, 0) is 13.0 Å². The number of fused-ring (bicyclic) bond motifs is 2. The van der Waals surface area contributed by atoms with E-state index in [1.807, 2.05) is 30.3 Å². The van der Waals surface area contributed by atoms with Crippen LogP contribution in [0.3, 0.4) is 0 Å². The minimum Gasteiger partial charge on any atom is -0.312 e. The summed E-state index contributed by atoms with van der Waals surface area (Å²) >= 11 is 0. The number of aromatic nitrogens is 1. The molecule has 0 atom stereocenters. The molecular weight excluding hydrogens is 298 g/mol. The monoisotopic (exact) mass is 317 g/mol. The molecule has 0 bridgehead atoms. The Balaban J connectivity index is 1.72. The quantitative estimate of drug-likeness (QED) is 0.761. The summed E-state index contributed by atoms with van der Waals surface area (Å²) in [6, 6.07) is 14.0. The Labute approximate surface area is 140 Å². The number of anilines is 1. The van der Waals surface area contributed by atoms with E-state index in [0.717, 1.165) is 41.4 Å². The highest BCUT2D eigenvalue weighted by atomic mass is 16.1. The van der Waals surface area contributed by atoms with Crippen LogP contribution in [-0.4, -0.2) is 17.4 Å². The minimum absolute atomic E-state index is 0.0999. The van der Waals surface area contributed by atoms with E-state index < -0.39 is 0 Å². The average molecular weight is 317 g/mol. The molecule has 2 N–H and O–H groups in total. The zero-order chi connectivity index (χ0) is 16.5. The molecule has 2 heterocycles. The fourth-order valence-electron chi connectivity index (χ4n) is 3.37. The smallest absolute Gasteiger partial charge is 0.257 e. The van der Waals surface area contributed by atoms with Crippen molar-refractivity contribution in [2.24, 2.45) is 0 Å². The second kappa shape index (κ2) is 6.06. The highest BCUT2D eigenvalue weighted by Gasteiger charge is 2.18. The molecule has 4 heteroatoms. The van der Waals surface area contributed by atoms with Gasteiger partial charge in [-0.2, -0.15) is 0 Å². The van der Waals surface area contributed by atoms with E-state index in [9.17, 15) is 4.79 Å². The van der Waals surface area contributed by atoms with E-state index in [1.54, 1.807) is 6.20 Å². The van der Waals surface area contributed by atoms with Crippen LogP contribution >= 0.6 is 0 Å². The van der Waals surface area contributed by atoms with Crippen LogP contribution < -0.4 is 10.6 Å². The Morgan fingerprint density at radius 2 is 2.00 bits per heavy atom. The van der Waals surface area contributed by atoms with Crippen molar-refractivity contribution in [3.05, 3.63) is 70.9 Å². The molecular formula is C20H19N3O. The zero-order valence-corrected chi connectivity index (χ0v) is 13.6. The number of aryl methyl sites for hydroxylation is 1. The highest BCUT2D eigenvalue weighted by Crippen LogP contribution is 2.25. The molecule has 1 aromatic heterocycles. The number of benzene rings is 2. The Morgan fingerprint density at radius 3 is 2.92 bits per heavy atom. The number of carbonyl (C=O) groups is 1. The Bertz CT molecular complexity index is 933. The summed E-state index contributed by atoms with van der Waals surface area (Å²) in [6.45, 7) is 3.76. The molecule has 4 nitrogen and oxygen atoms in total. The molecule has 0 saturated carbocycles. The topological polar surface area (TPSA) is 54.0 Å². The summed E-state index contributed by atoms with van der Waals surface area (Å²) in [5.41, 5.74) is 4.25. The van der Waals surface area contributed by atoms with Gasteiger partial charge in [0, 0.05) is 23.7 Å². The number of amides is 1. The van der Waals surface area contributed by atoms with Gasteiger partial charge >= 0.3 is 0 Å². The molecule has 0 radical (unpaired) electrons. The van der Waals surface area contributed by atoms with Gasteiger partial charge in [0.25, 0.3) is 5.91 Å². The summed E-state index contributed by atoms with van der Waals surface area (Å²) in [6.07, 6.45) is 2.70. The number of carbonyl (C=O) groups excluding carboxylic acids is 1. The molecule has 2 aromatic carbocycles. The molecule has 120 valence electrons. The lowest BCUT2D eigenvalue weighted by Gasteiger charge is -2.20. The van der Waals surface area contributed by atoms with Crippen LogP contribution in [0.15, 0.2) is 48.7 Å². The van der Waals surface area contributed by atoms with Crippen LogP contribution in [0.2, 0.25) is 0 Å². The van der Waals surface area contributed by atoms with Gasteiger partial charge in [0.15, 0.2) is 0 Å². The van der Waals surface area contributed by atoms with E-state index in [-0.39, 0.29) is 5.91 Å². The van der Waals surface area contributed by atoms with Crippen molar-refractivity contribution in [3.8, 4) is 0 Å². The molecule has 0 unspecified atom stereocenters. The standard InChI is InChI=1S/C20H19N3O/c1-13-4-2-6-16-15(13)9-11-22-19(16)23-20(24)17-7-3-5-14-8-10-21-12-18(14)17/h2-7,9,11,21H,8,10,12H2,1H3,(H,22,23,24).